The minimum atomic E-state index is -3.40. The van der Waals surface area contributed by atoms with E-state index in [0.29, 0.717) is 32.8 Å². The van der Waals surface area contributed by atoms with Gasteiger partial charge in [-0.1, -0.05) is 6.07 Å². The van der Waals surface area contributed by atoms with Gasteiger partial charge < -0.3 is 4.74 Å². The predicted molar refractivity (Wildman–Crippen MR) is 74.1 cm³/mol. The third-order valence-electron chi connectivity index (χ3n) is 3.61. The van der Waals surface area contributed by atoms with Gasteiger partial charge in [-0.25, -0.2) is 0 Å². The van der Waals surface area contributed by atoms with Gasteiger partial charge in [0.25, 0.3) is 10.2 Å². The van der Waals surface area contributed by atoms with Crippen molar-refractivity contribution in [1.29, 1.82) is 0 Å². The number of aromatic nitrogens is 1. The van der Waals surface area contributed by atoms with Gasteiger partial charge in [0.1, 0.15) is 0 Å². The Morgan fingerprint density at radius 1 is 1.35 bits per heavy atom. The molecule has 2 heterocycles. The molecule has 0 amide bonds. The minimum Gasteiger partial charge on any atom is -0.379 e. The highest BCUT2D eigenvalue weighted by Crippen LogP contribution is 2.32. The molecule has 20 heavy (non-hydrogen) atoms. The first-order chi connectivity index (χ1) is 9.68. The van der Waals surface area contributed by atoms with Gasteiger partial charge in [-0.15, -0.1) is 0 Å². The summed E-state index contributed by atoms with van der Waals surface area (Å²) in [6.07, 6.45) is 5.32. The quantitative estimate of drug-likeness (QED) is 0.799. The molecule has 0 unspecified atom stereocenters. The summed E-state index contributed by atoms with van der Waals surface area (Å²) in [6, 6.07) is 3.89. The Bertz CT molecular complexity index is 539. The van der Waals surface area contributed by atoms with Gasteiger partial charge in [0.15, 0.2) is 0 Å². The molecule has 0 aromatic carbocycles. The Morgan fingerprint density at radius 2 is 2.10 bits per heavy atom. The normalized spacial score (nSPS) is 21.2. The maximum Gasteiger partial charge on any atom is 0.282 e. The molecular weight excluding hydrogens is 278 g/mol. The monoisotopic (exact) mass is 297 g/mol. The lowest BCUT2D eigenvalue weighted by molar-refractivity contribution is 0.0698. The largest absolute Gasteiger partial charge is 0.379 e. The summed E-state index contributed by atoms with van der Waals surface area (Å²) in [7, 11) is -3.40. The lowest BCUT2D eigenvalue weighted by atomic mass is 10.3. The van der Waals surface area contributed by atoms with Crippen molar-refractivity contribution in [2.45, 2.75) is 25.4 Å². The van der Waals surface area contributed by atoms with Crippen molar-refractivity contribution in [3.05, 3.63) is 30.1 Å². The van der Waals surface area contributed by atoms with Crippen LogP contribution >= 0.6 is 0 Å². The number of rotatable bonds is 5. The highest BCUT2D eigenvalue weighted by Gasteiger charge is 2.40. The van der Waals surface area contributed by atoms with Gasteiger partial charge in [-0.2, -0.15) is 17.0 Å². The number of ether oxygens (including phenoxy) is 1. The van der Waals surface area contributed by atoms with E-state index < -0.39 is 10.2 Å². The second-order valence-electron chi connectivity index (χ2n) is 5.16. The van der Waals surface area contributed by atoms with Gasteiger partial charge in [-0.05, 0) is 24.5 Å². The van der Waals surface area contributed by atoms with E-state index in [1.165, 1.54) is 4.31 Å². The highest BCUT2D eigenvalue weighted by molar-refractivity contribution is 7.86. The van der Waals surface area contributed by atoms with Crippen molar-refractivity contribution in [2.24, 2.45) is 0 Å². The molecule has 1 aliphatic heterocycles. The standard InChI is InChI=1S/C13H19N3O3S/c17-20(18,15-6-8-19-9-7-15)16(13-3-4-13)11-12-2-1-5-14-10-12/h1-2,5,10,13H,3-4,6-9,11H2. The summed E-state index contributed by atoms with van der Waals surface area (Å²) in [6.45, 7) is 2.24. The minimum absolute atomic E-state index is 0.142. The molecule has 7 heteroatoms. The van der Waals surface area contributed by atoms with Crippen molar-refractivity contribution in [3.8, 4) is 0 Å². The summed E-state index contributed by atoms with van der Waals surface area (Å²) < 4.78 is 33.9. The van der Waals surface area contributed by atoms with Crippen LogP contribution in [0.4, 0.5) is 0 Å². The molecule has 1 saturated heterocycles. The van der Waals surface area contributed by atoms with Gasteiger partial charge in [0.2, 0.25) is 0 Å². The maximum atomic E-state index is 12.7. The van der Waals surface area contributed by atoms with Crippen molar-refractivity contribution >= 4 is 10.2 Å². The summed E-state index contributed by atoms with van der Waals surface area (Å²) in [5.74, 6) is 0. The smallest absolute Gasteiger partial charge is 0.282 e. The summed E-state index contributed by atoms with van der Waals surface area (Å²) in [4.78, 5) is 4.06. The van der Waals surface area contributed by atoms with Crippen LogP contribution in [-0.4, -0.2) is 54.4 Å². The van der Waals surface area contributed by atoms with Crippen LogP contribution in [0.15, 0.2) is 24.5 Å². The zero-order chi connectivity index (χ0) is 14.0. The van der Waals surface area contributed by atoms with E-state index in [1.807, 2.05) is 12.1 Å². The predicted octanol–water partition coefficient (Wildman–Crippen LogP) is 0.623. The molecule has 0 radical (unpaired) electrons. The van der Waals surface area contributed by atoms with Gasteiger partial charge in [-0.3, -0.25) is 4.98 Å². The van der Waals surface area contributed by atoms with Crippen LogP contribution in [0.5, 0.6) is 0 Å². The van der Waals surface area contributed by atoms with Crippen molar-refractivity contribution in [3.63, 3.8) is 0 Å². The molecule has 3 rings (SSSR count). The Balaban J connectivity index is 1.79. The van der Waals surface area contributed by atoms with Gasteiger partial charge in [0.05, 0.1) is 13.2 Å². The summed E-state index contributed by atoms with van der Waals surface area (Å²) in [5, 5.41) is 0. The Morgan fingerprint density at radius 3 is 2.70 bits per heavy atom. The molecule has 1 aliphatic carbocycles. The average Bonchev–Trinajstić information content (AvgIpc) is 3.31. The summed E-state index contributed by atoms with van der Waals surface area (Å²) >= 11 is 0. The zero-order valence-electron chi connectivity index (χ0n) is 11.3. The van der Waals surface area contributed by atoms with Crippen LogP contribution in [0.2, 0.25) is 0 Å². The second kappa shape index (κ2) is 5.77. The maximum absolute atomic E-state index is 12.7. The van der Waals surface area contributed by atoms with E-state index >= 15 is 0 Å². The van der Waals surface area contributed by atoms with Gasteiger partial charge in [0, 0.05) is 38.1 Å². The molecule has 110 valence electrons. The third kappa shape index (κ3) is 3.01. The van der Waals surface area contributed by atoms with E-state index in [4.69, 9.17) is 4.74 Å². The molecule has 2 aliphatic rings. The first-order valence-corrected chi connectivity index (χ1v) is 8.31. The topological polar surface area (TPSA) is 62.7 Å². The molecule has 0 bridgehead atoms. The number of hydrogen-bond donors (Lipinski definition) is 0. The number of hydrogen-bond acceptors (Lipinski definition) is 4. The van der Waals surface area contributed by atoms with Crippen molar-refractivity contribution < 1.29 is 13.2 Å². The Kier molecular flexibility index (Phi) is 4.02. The fourth-order valence-corrected chi connectivity index (χ4v) is 4.17. The van der Waals surface area contributed by atoms with Crippen LogP contribution < -0.4 is 0 Å². The van der Waals surface area contributed by atoms with Crippen molar-refractivity contribution in [2.75, 3.05) is 26.3 Å². The molecule has 1 saturated carbocycles. The van der Waals surface area contributed by atoms with E-state index in [-0.39, 0.29) is 6.04 Å². The average molecular weight is 297 g/mol. The van der Waals surface area contributed by atoms with Crippen LogP contribution in [0.3, 0.4) is 0 Å². The fourth-order valence-electron chi connectivity index (χ4n) is 2.36. The van der Waals surface area contributed by atoms with E-state index in [1.54, 1.807) is 16.7 Å². The lowest BCUT2D eigenvalue weighted by Crippen LogP contribution is -2.49. The highest BCUT2D eigenvalue weighted by atomic mass is 32.2. The first kappa shape index (κ1) is 13.9. The second-order valence-corrected chi connectivity index (χ2v) is 7.04. The number of pyridine rings is 1. The lowest BCUT2D eigenvalue weighted by Gasteiger charge is -2.32. The zero-order valence-corrected chi connectivity index (χ0v) is 12.1. The molecule has 0 N–H and O–H groups in total. The van der Waals surface area contributed by atoms with Crippen LogP contribution in [-0.2, 0) is 21.5 Å². The third-order valence-corrected chi connectivity index (χ3v) is 5.65. The first-order valence-electron chi connectivity index (χ1n) is 6.91. The number of nitrogens with zero attached hydrogens (tertiary/aromatic N) is 3. The van der Waals surface area contributed by atoms with Crippen molar-refractivity contribution in [1.82, 2.24) is 13.6 Å². The molecule has 1 aromatic heterocycles. The van der Waals surface area contributed by atoms with E-state index in [2.05, 4.69) is 4.98 Å². The van der Waals surface area contributed by atoms with Crippen LogP contribution in [0.1, 0.15) is 18.4 Å². The molecule has 2 fully saturated rings. The molecule has 1 aromatic rings. The van der Waals surface area contributed by atoms with Crippen LogP contribution in [0.25, 0.3) is 0 Å². The van der Waals surface area contributed by atoms with E-state index in [9.17, 15) is 8.42 Å². The van der Waals surface area contributed by atoms with Crippen LogP contribution in [0, 0.1) is 0 Å². The number of morpholine rings is 1. The van der Waals surface area contributed by atoms with E-state index in [0.717, 1.165) is 18.4 Å². The SMILES string of the molecule is O=S(=O)(N1CCOCC1)N(Cc1cccnc1)C1CC1. The molecular formula is C13H19N3O3S. The fraction of sp³-hybridized carbons (Fsp3) is 0.615. The molecule has 0 spiro atoms. The van der Waals surface area contributed by atoms with Gasteiger partial charge >= 0.3 is 0 Å². The Labute approximate surface area is 119 Å². The Hall–Kier alpha value is -1.02. The molecule has 0 atom stereocenters. The molecule has 6 nitrogen and oxygen atoms in total. The summed E-state index contributed by atoms with van der Waals surface area (Å²) in [5.41, 5.74) is 0.927.